The number of imidazole rings is 1. The standard InChI is InChI=1S/C29H34FN7O2/c1-17-8-9-19(13-21(17)30)22-14-20(28(3,4)5)25-31-24(15-37(25)34-22)27(39)36-11-10-35(16-29(36,6)7)26(38)23-12-18(2)32-33-23/h8-9,12-15H,10-11,16H2,1-7H3,(H,32,33). The van der Waals surface area contributed by atoms with Crippen LogP contribution in [0, 0.1) is 19.7 Å². The number of nitrogens with one attached hydrogen (secondary N) is 1. The molecule has 4 heterocycles. The van der Waals surface area contributed by atoms with E-state index in [1.165, 1.54) is 6.07 Å². The van der Waals surface area contributed by atoms with Crippen LogP contribution in [0.2, 0.25) is 0 Å². The summed E-state index contributed by atoms with van der Waals surface area (Å²) in [6.07, 6.45) is 1.64. The highest BCUT2D eigenvalue weighted by Crippen LogP contribution is 2.31. The third-order valence-corrected chi connectivity index (χ3v) is 7.29. The van der Waals surface area contributed by atoms with Gasteiger partial charge in [-0.15, -0.1) is 0 Å². The first-order chi connectivity index (χ1) is 18.2. The van der Waals surface area contributed by atoms with Gasteiger partial charge >= 0.3 is 0 Å². The highest BCUT2D eigenvalue weighted by Gasteiger charge is 2.40. The molecule has 0 spiro atoms. The predicted octanol–water partition coefficient (Wildman–Crippen LogP) is 4.55. The second-order valence-corrected chi connectivity index (χ2v) is 12.0. The van der Waals surface area contributed by atoms with Crippen LogP contribution in [0.1, 0.15) is 72.4 Å². The van der Waals surface area contributed by atoms with E-state index in [9.17, 15) is 14.0 Å². The van der Waals surface area contributed by atoms with Gasteiger partial charge in [0.1, 0.15) is 17.2 Å². The Kier molecular flexibility index (Phi) is 6.32. The van der Waals surface area contributed by atoms with Crippen molar-refractivity contribution in [2.45, 2.75) is 59.4 Å². The van der Waals surface area contributed by atoms with Gasteiger partial charge in [-0.25, -0.2) is 13.9 Å². The van der Waals surface area contributed by atoms with E-state index in [0.29, 0.717) is 47.8 Å². The zero-order chi connectivity index (χ0) is 28.3. The summed E-state index contributed by atoms with van der Waals surface area (Å²) in [5.74, 6) is -0.656. The van der Waals surface area contributed by atoms with Crippen LogP contribution in [0.3, 0.4) is 0 Å². The third kappa shape index (κ3) is 4.91. The van der Waals surface area contributed by atoms with E-state index in [-0.39, 0.29) is 28.7 Å². The maximum absolute atomic E-state index is 14.4. The highest BCUT2D eigenvalue weighted by molar-refractivity contribution is 5.95. The van der Waals surface area contributed by atoms with Gasteiger partial charge in [-0.3, -0.25) is 14.7 Å². The Morgan fingerprint density at radius 2 is 1.79 bits per heavy atom. The Morgan fingerprint density at radius 3 is 2.41 bits per heavy atom. The van der Waals surface area contributed by atoms with Gasteiger partial charge in [0.15, 0.2) is 5.65 Å². The Hall–Kier alpha value is -4.08. The van der Waals surface area contributed by atoms with Crippen molar-refractivity contribution in [2.75, 3.05) is 19.6 Å². The number of amides is 2. The largest absolute Gasteiger partial charge is 0.333 e. The quantitative estimate of drug-likeness (QED) is 0.418. The second kappa shape index (κ2) is 9.29. The van der Waals surface area contributed by atoms with Crippen LogP contribution in [0.15, 0.2) is 36.5 Å². The number of hydrogen-bond donors (Lipinski definition) is 1. The lowest BCUT2D eigenvalue weighted by Gasteiger charge is -2.46. The molecule has 0 aliphatic carbocycles. The number of piperazine rings is 1. The Morgan fingerprint density at radius 1 is 1.05 bits per heavy atom. The summed E-state index contributed by atoms with van der Waals surface area (Å²) in [5, 5.41) is 11.5. The second-order valence-electron chi connectivity index (χ2n) is 12.0. The molecular weight excluding hydrogens is 497 g/mol. The first-order valence-electron chi connectivity index (χ1n) is 13.1. The number of rotatable bonds is 3. The van der Waals surface area contributed by atoms with Gasteiger partial charge in [-0.2, -0.15) is 10.2 Å². The van der Waals surface area contributed by atoms with Crippen molar-refractivity contribution in [1.82, 2.24) is 34.6 Å². The van der Waals surface area contributed by atoms with Crippen molar-refractivity contribution in [3.63, 3.8) is 0 Å². The van der Waals surface area contributed by atoms with E-state index >= 15 is 0 Å². The van der Waals surface area contributed by atoms with Crippen LogP contribution < -0.4 is 0 Å². The zero-order valence-corrected chi connectivity index (χ0v) is 23.5. The lowest BCUT2D eigenvalue weighted by molar-refractivity contribution is 0.0163. The average Bonchev–Trinajstić information content (AvgIpc) is 3.49. The Balaban J connectivity index is 1.47. The number of hydrogen-bond acceptors (Lipinski definition) is 5. The molecule has 1 saturated heterocycles. The minimum atomic E-state index is -0.624. The van der Waals surface area contributed by atoms with E-state index in [1.54, 1.807) is 39.6 Å². The average molecular weight is 532 g/mol. The molecule has 0 saturated carbocycles. The lowest BCUT2D eigenvalue weighted by Crippen LogP contribution is -2.62. The number of halogens is 1. The smallest absolute Gasteiger partial charge is 0.274 e. The maximum Gasteiger partial charge on any atom is 0.274 e. The van der Waals surface area contributed by atoms with Gasteiger partial charge in [0.2, 0.25) is 0 Å². The monoisotopic (exact) mass is 531 g/mol. The number of nitrogens with zero attached hydrogens (tertiary/aromatic N) is 6. The molecule has 204 valence electrons. The predicted molar refractivity (Wildman–Crippen MR) is 146 cm³/mol. The number of fused-ring (bicyclic) bond motifs is 1. The topological polar surface area (TPSA) is 99.5 Å². The van der Waals surface area contributed by atoms with Crippen molar-refractivity contribution in [3.8, 4) is 11.3 Å². The summed E-state index contributed by atoms with van der Waals surface area (Å²) in [7, 11) is 0. The van der Waals surface area contributed by atoms with E-state index < -0.39 is 5.54 Å². The SMILES string of the molecule is Cc1cc(C(=O)N2CCN(C(=O)c3cn4nc(-c5ccc(C)c(F)c5)cc(C(C)(C)C)c4n3)C(C)(C)C2)[nH]n1. The number of carbonyl (C=O) groups is 2. The normalized spacial score (nSPS) is 15.7. The fourth-order valence-electron chi connectivity index (χ4n) is 5.07. The summed E-state index contributed by atoms with van der Waals surface area (Å²) in [4.78, 5) is 35.0. The van der Waals surface area contributed by atoms with Crippen molar-refractivity contribution >= 4 is 17.5 Å². The molecule has 1 fully saturated rings. The molecule has 0 unspecified atom stereocenters. The summed E-state index contributed by atoms with van der Waals surface area (Å²) in [6.45, 7) is 14.8. The molecule has 5 rings (SSSR count). The molecular formula is C29H34FN7O2. The fourth-order valence-corrected chi connectivity index (χ4v) is 5.07. The molecule has 4 aromatic rings. The van der Waals surface area contributed by atoms with Crippen molar-refractivity contribution in [1.29, 1.82) is 0 Å². The zero-order valence-electron chi connectivity index (χ0n) is 23.5. The number of benzene rings is 1. The minimum Gasteiger partial charge on any atom is -0.333 e. The number of aryl methyl sites for hydroxylation is 2. The van der Waals surface area contributed by atoms with Crippen molar-refractivity contribution in [2.24, 2.45) is 0 Å². The molecule has 39 heavy (non-hydrogen) atoms. The summed E-state index contributed by atoms with van der Waals surface area (Å²) in [6, 6.07) is 8.70. The van der Waals surface area contributed by atoms with E-state index in [4.69, 9.17) is 10.1 Å². The van der Waals surface area contributed by atoms with Gasteiger partial charge in [0, 0.05) is 30.8 Å². The van der Waals surface area contributed by atoms with Crippen LogP contribution >= 0.6 is 0 Å². The highest BCUT2D eigenvalue weighted by atomic mass is 19.1. The van der Waals surface area contributed by atoms with E-state index in [0.717, 1.165) is 11.3 Å². The van der Waals surface area contributed by atoms with Crippen molar-refractivity contribution in [3.05, 3.63) is 70.6 Å². The molecule has 0 radical (unpaired) electrons. The summed E-state index contributed by atoms with van der Waals surface area (Å²) >= 11 is 0. The lowest BCUT2D eigenvalue weighted by atomic mass is 9.87. The summed E-state index contributed by atoms with van der Waals surface area (Å²) in [5.41, 5.74) is 3.84. The maximum atomic E-state index is 14.4. The van der Waals surface area contributed by atoms with Gasteiger partial charge in [-0.05, 0) is 56.9 Å². The molecule has 1 N–H and O–H groups in total. The number of aromatic amines is 1. The molecule has 0 atom stereocenters. The molecule has 1 aliphatic rings. The van der Waals surface area contributed by atoms with Crippen LogP contribution in [0.5, 0.6) is 0 Å². The first-order valence-corrected chi connectivity index (χ1v) is 13.1. The van der Waals surface area contributed by atoms with Crippen LogP contribution in [-0.2, 0) is 5.41 Å². The Bertz CT molecular complexity index is 1590. The van der Waals surface area contributed by atoms with Gasteiger partial charge < -0.3 is 9.80 Å². The molecule has 1 aliphatic heterocycles. The molecule has 2 amide bonds. The van der Waals surface area contributed by atoms with Gasteiger partial charge in [0.05, 0.1) is 23.1 Å². The fraction of sp³-hybridized carbons (Fsp3) is 0.414. The van der Waals surface area contributed by atoms with E-state index in [1.807, 2.05) is 32.9 Å². The number of carbonyl (C=O) groups excluding carboxylic acids is 2. The van der Waals surface area contributed by atoms with E-state index in [2.05, 4.69) is 31.0 Å². The molecule has 0 bridgehead atoms. The molecule has 9 nitrogen and oxygen atoms in total. The molecule has 3 aromatic heterocycles. The van der Waals surface area contributed by atoms with Crippen LogP contribution in [0.25, 0.3) is 16.9 Å². The first kappa shape index (κ1) is 26.5. The van der Waals surface area contributed by atoms with Gasteiger partial charge in [0.25, 0.3) is 11.8 Å². The van der Waals surface area contributed by atoms with Crippen molar-refractivity contribution < 1.29 is 14.0 Å². The Labute approximate surface area is 227 Å². The number of H-pyrrole nitrogens is 1. The summed E-state index contributed by atoms with van der Waals surface area (Å²) < 4.78 is 16.0. The van der Waals surface area contributed by atoms with Crippen LogP contribution in [0.4, 0.5) is 4.39 Å². The molecule has 1 aromatic carbocycles. The third-order valence-electron chi connectivity index (χ3n) is 7.29. The molecule has 10 heteroatoms. The van der Waals surface area contributed by atoms with Gasteiger partial charge in [-0.1, -0.05) is 32.9 Å². The minimum absolute atomic E-state index is 0.136. The van der Waals surface area contributed by atoms with Crippen LogP contribution in [-0.4, -0.2) is 71.6 Å². The number of aromatic nitrogens is 5.